The third-order valence-corrected chi connectivity index (χ3v) is 5.19. The number of hydrogen-bond acceptors (Lipinski definition) is 2. The lowest BCUT2D eigenvalue weighted by Crippen LogP contribution is -2.48. The van der Waals surface area contributed by atoms with Crippen LogP contribution in [0.4, 0.5) is 0 Å². The Morgan fingerprint density at radius 2 is 1.80 bits per heavy atom. The highest BCUT2D eigenvalue weighted by Crippen LogP contribution is 2.40. The molecule has 1 N–H and O–H groups in total. The predicted molar refractivity (Wildman–Crippen MR) is 77.3 cm³/mol. The van der Waals surface area contributed by atoms with Crippen LogP contribution < -0.4 is 0 Å². The van der Waals surface area contributed by atoms with Gasteiger partial charge in [-0.15, -0.1) is 0 Å². The van der Waals surface area contributed by atoms with Crippen LogP contribution in [0.5, 0.6) is 0 Å². The molecule has 1 saturated carbocycles. The highest BCUT2D eigenvalue weighted by atomic mass is 16.4. The lowest BCUT2D eigenvalue weighted by atomic mass is 9.71. The minimum absolute atomic E-state index is 0.0494. The number of likely N-dealkylation sites (tertiary alicyclic amines) is 1. The molecule has 2 fully saturated rings. The van der Waals surface area contributed by atoms with Crippen LogP contribution in [-0.2, 0) is 9.59 Å². The highest BCUT2D eigenvalue weighted by Gasteiger charge is 2.43. The van der Waals surface area contributed by atoms with E-state index in [9.17, 15) is 14.7 Å². The van der Waals surface area contributed by atoms with Gasteiger partial charge in [-0.25, -0.2) is 0 Å². The van der Waals surface area contributed by atoms with Crippen molar-refractivity contribution in [1.82, 2.24) is 4.90 Å². The lowest BCUT2D eigenvalue weighted by Gasteiger charge is -2.40. The van der Waals surface area contributed by atoms with Gasteiger partial charge < -0.3 is 10.0 Å². The van der Waals surface area contributed by atoms with Crippen LogP contribution in [0, 0.1) is 11.3 Å². The van der Waals surface area contributed by atoms with E-state index in [0.29, 0.717) is 18.8 Å². The number of carbonyl (C=O) groups is 2. The van der Waals surface area contributed by atoms with Gasteiger partial charge in [0.1, 0.15) is 0 Å². The molecule has 2 aliphatic rings. The van der Waals surface area contributed by atoms with Crippen LogP contribution in [0.1, 0.15) is 65.2 Å². The monoisotopic (exact) mass is 281 g/mol. The van der Waals surface area contributed by atoms with E-state index >= 15 is 0 Å². The Balaban J connectivity index is 2.06. The van der Waals surface area contributed by atoms with Crippen LogP contribution in [0.15, 0.2) is 0 Å². The highest BCUT2D eigenvalue weighted by molar-refractivity contribution is 5.85. The van der Waals surface area contributed by atoms with Gasteiger partial charge in [-0.3, -0.25) is 9.59 Å². The zero-order chi connectivity index (χ0) is 14.8. The molecule has 0 radical (unpaired) electrons. The number of amides is 1. The lowest BCUT2D eigenvalue weighted by molar-refractivity contribution is -0.157. The average molecular weight is 281 g/mol. The van der Waals surface area contributed by atoms with E-state index in [1.54, 1.807) is 0 Å². The second-order valence-corrected chi connectivity index (χ2v) is 6.90. The zero-order valence-electron chi connectivity index (χ0n) is 12.7. The van der Waals surface area contributed by atoms with E-state index < -0.39 is 11.4 Å². The molecule has 1 aliphatic carbocycles. The Bertz CT molecular complexity index is 374. The van der Waals surface area contributed by atoms with Crippen molar-refractivity contribution in [3.05, 3.63) is 0 Å². The van der Waals surface area contributed by atoms with Crippen molar-refractivity contribution in [2.24, 2.45) is 11.3 Å². The van der Waals surface area contributed by atoms with E-state index in [1.807, 2.05) is 4.90 Å². The zero-order valence-corrected chi connectivity index (χ0v) is 12.7. The summed E-state index contributed by atoms with van der Waals surface area (Å²) in [5.41, 5.74) is -0.796. The van der Waals surface area contributed by atoms with Crippen LogP contribution in [0.2, 0.25) is 0 Å². The molecule has 1 aliphatic heterocycles. The summed E-state index contributed by atoms with van der Waals surface area (Å²) >= 11 is 0. The standard InChI is InChI=1S/C16H27NO3/c1-12-6-7-13(2)17(11-12)14(18)10-16(15(19)20)8-4-3-5-9-16/h12-13H,3-11H2,1-2H3,(H,19,20). The summed E-state index contributed by atoms with van der Waals surface area (Å²) in [7, 11) is 0. The SMILES string of the molecule is CC1CCC(C)N(C(=O)CC2(C(=O)O)CCCCC2)C1. The smallest absolute Gasteiger partial charge is 0.310 e. The minimum atomic E-state index is -0.796. The topological polar surface area (TPSA) is 57.6 Å². The molecule has 0 bridgehead atoms. The largest absolute Gasteiger partial charge is 0.481 e. The van der Waals surface area contributed by atoms with Gasteiger partial charge in [-0.05, 0) is 38.5 Å². The summed E-state index contributed by atoms with van der Waals surface area (Å²) in [6.07, 6.45) is 6.68. The van der Waals surface area contributed by atoms with Gasteiger partial charge >= 0.3 is 5.97 Å². The molecule has 0 aromatic heterocycles. The number of rotatable bonds is 3. The van der Waals surface area contributed by atoms with E-state index in [4.69, 9.17) is 0 Å². The van der Waals surface area contributed by atoms with Gasteiger partial charge in [0.15, 0.2) is 0 Å². The molecule has 0 aromatic carbocycles. The second-order valence-electron chi connectivity index (χ2n) is 6.90. The molecule has 4 heteroatoms. The molecular formula is C16H27NO3. The third-order valence-electron chi connectivity index (χ3n) is 5.19. The molecule has 0 spiro atoms. The van der Waals surface area contributed by atoms with E-state index in [-0.39, 0.29) is 18.4 Å². The molecule has 114 valence electrons. The van der Waals surface area contributed by atoms with Gasteiger partial charge in [0, 0.05) is 19.0 Å². The molecule has 1 amide bonds. The van der Waals surface area contributed by atoms with Gasteiger partial charge in [-0.1, -0.05) is 26.2 Å². The van der Waals surface area contributed by atoms with Crippen LogP contribution >= 0.6 is 0 Å². The first-order valence-corrected chi connectivity index (χ1v) is 7.97. The number of aliphatic carboxylic acids is 1. The number of hydrogen-bond donors (Lipinski definition) is 1. The molecule has 2 atom stereocenters. The molecule has 1 saturated heterocycles. The van der Waals surface area contributed by atoms with Crippen molar-refractivity contribution in [1.29, 1.82) is 0 Å². The molecule has 1 heterocycles. The summed E-state index contributed by atoms with van der Waals surface area (Å²) in [5.74, 6) is -0.195. The van der Waals surface area contributed by atoms with Crippen molar-refractivity contribution < 1.29 is 14.7 Å². The quantitative estimate of drug-likeness (QED) is 0.865. The Hall–Kier alpha value is -1.06. The summed E-state index contributed by atoms with van der Waals surface area (Å²) in [6, 6.07) is 0.258. The first kappa shape index (κ1) is 15.3. The van der Waals surface area contributed by atoms with E-state index in [2.05, 4.69) is 13.8 Å². The average Bonchev–Trinajstić information content (AvgIpc) is 2.42. The Morgan fingerprint density at radius 3 is 2.40 bits per heavy atom. The van der Waals surface area contributed by atoms with E-state index in [1.165, 1.54) is 0 Å². The van der Waals surface area contributed by atoms with Gasteiger partial charge in [0.2, 0.25) is 5.91 Å². The minimum Gasteiger partial charge on any atom is -0.481 e. The fourth-order valence-electron chi connectivity index (χ4n) is 3.72. The van der Waals surface area contributed by atoms with Gasteiger partial charge in [0.25, 0.3) is 0 Å². The number of carboxylic acids is 1. The van der Waals surface area contributed by atoms with Crippen LogP contribution in [-0.4, -0.2) is 34.5 Å². The maximum absolute atomic E-state index is 12.6. The van der Waals surface area contributed by atoms with Gasteiger partial charge in [-0.2, -0.15) is 0 Å². The van der Waals surface area contributed by atoms with Crippen LogP contribution in [0.25, 0.3) is 0 Å². The predicted octanol–water partition coefficient (Wildman–Crippen LogP) is 3.06. The maximum atomic E-state index is 12.6. The maximum Gasteiger partial charge on any atom is 0.310 e. The summed E-state index contributed by atoms with van der Waals surface area (Å²) in [6.45, 7) is 5.04. The fraction of sp³-hybridized carbons (Fsp3) is 0.875. The normalized spacial score (nSPS) is 30.0. The summed E-state index contributed by atoms with van der Waals surface area (Å²) in [5, 5.41) is 9.58. The van der Waals surface area contributed by atoms with E-state index in [0.717, 1.165) is 38.6 Å². The fourth-order valence-corrected chi connectivity index (χ4v) is 3.72. The number of piperidine rings is 1. The molecule has 20 heavy (non-hydrogen) atoms. The summed E-state index contributed by atoms with van der Waals surface area (Å²) < 4.78 is 0. The number of carbonyl (C=O) groups excluding carboxylic acids is 1. The summed E-state index contributed by atoms with van der Waals surface area (Å²) in [4.78, 5) is 26.2. The molecule has 0 aromatic rings. The molecule has 2 unspecified atom stereocenters. The number of carboxylic acid groups (broad SMARTS) is 1. The molecule has 2 rings (SSSR count). The number of nitrogens with zero attached hydrogens (tertiary/aromatic N) is 1. The third kappa shape index (κ3) is 3.15. The Labute approximate surface area is 121 Å². The molecule has 4 nitrogen and oxygen atoms in total. The second kappa shape index (κ2) is 6.15. The van der Waals surface area contributed by atoms with Crippen molar-refractivity contribution >= 4 is 11.9 Å². The molecular weight excluding hydrogens is 254 g/mol. The first-order valence-electron chi connectivity index (χ1n) is 7.97. The van der Waals surface area contributed by atoms with Crippen molar-refractivity contribution in [2.75, 3.05) is 6.54 Å². The first-order chi connectivity index (χ1) is 9.44. The van der Waals surface area contributed by atoms with Gasteiger partial charge in [0.05, 0.1) is 5.41 Å². The van der Waals surface area contributed by atoms with Crippen molar-refractivity contribution in [3.63, 3.8) is 0 Å². The Morgan fingerprint density at radius 1 is 1.15 bits per heavy atom. The van der Waals surface area contributed by atoms with Crippen LogP contribution in [0.3, 0.4) is 0 Å². The Kier molecular flexibility index (Phi) is 4.71. The van der Waals surface area contributed by atoms with Crippen molar-refractivity contribution in [3.8, 4) is 0 Å². The van der Waals surface area contributed by atoms with Crippen molar-refractivity contribution in [2.45, 2.75) is 71.3 Å².